The highest BCUT2D eigenvalue weighted by Gasteiger charge is 2.21. The zero-order valence-corrected chi connectivity index (χ0v) is 11.9. The Hall–Kier alpha value is -2.39. The molecule has 1 aliphatic heterocycles. The van der Waals surface area contributed by atoms with Gasteiger partial charge in [0.1, 0.15) is 6.61 Å². The van der Waals surface area contributed by atoms with Gasteiger partial charge in [-0.3, -0.25) is 5.32 Å². The molecule has 10 nitrogen and oxygen atoms in total. The van der Waals surface area contributed by atoms with E-state index in [4.69, 9.17) is 4.74 Å². The molecule has 2 rings (SSSR count). The van der Waals surface area contributed by atoms with E-state index in [0.29, 0.717) is 38.7 Å². The van der Waals surface area contributed by atoms with Gasteiger partial charge in [-0.1, -0.05) is 18.4 Å². The second-order valence-electron chi connectivity index (χ2n) is 4.56. The van der Waals surface area contributed by atoms with Crippen molar-refractivity contribution in [3.8, 4) is 0 Å². The molecule has 0 spiro atoms. The van der Waals surface area contributed by atoms with E-state index in [1.165, 1.54) is 4.90 Å². The molecule has 0 unspecified atom stereocenters. The standard InChI is InChI=1S/C11H19N7O3/c1-2-3-5-18-9(14-15-16-18)13-10(19)12-4-6-17-7-8-21-11(17)20/h2-8H2,1H3,(H2,12,13,14,16,19). The maximum Gasteiger partial charge on any atom is 0.409 e. The summed E-state index contributed by atoms with van der Waals surface area (Å²) in [4.78, 5) is 24.5. The molecule has 1 fully saturated rings. The number of urea groups is 1. The second kappa shape index (κ2) is 7.41. The highest BCUT2D eigenvalue weighted by Crippen LogP contribution is 2.03. The van der Waals surface area contributed by atoms with Gasteiger partial charge in [-0.2, -0.15) is 0 Å². The highest BCUT2D eigenvalue weighted by atomic mass is 16.6. The van der Waals surface area contributed by atoms with Crippen LogP contribution in [0.15, 0.2) is 0 Å². The Bertz CT molecular complexity index is 490. The normalized spacial score (nSPS) is 14.1. The van der Waals surface area contributed by atoms with Gasteiger partial charge in [0.15, 0.2) is 0 Å². The van der Waals surface area contributed by atoms with E-state index in [-0.39, 0.29) is 6.09 Å². The first-order valence-corrected chi connectivity index (χ1v) is 6.93. The van der Waals surface area contributed by atoms with Gasteiger partial charge in [0.05, 0.1) is 6.54 Å². The minimum absolute atomic E-state index is 0.307. The number of tetrazole rings is 1. The molecule has 0 radical (unpaired) electrons. The number of anilines is 1. The summed E-state index contributed by atoms with van der Waals surface area (Å²) in [5.74, 6) is 0.307. The molecule has 1 saturated heterocycles. The predicted molar refractivity (Wildman–Crippen MR) is 72.7 cm³/mol. The van der Waals surface area contributed by atoms with Crippen molar-refractivity contribution in [3.05, 3.63) is 0 Å². The summed E-state index contributed by atoms with van der Waals surface area (Å²) in [7, 11) is 0. The van der Waals surface area contributed by atoms with Crippen LogP contribution in [-0.4, -0.2) is 63.5 Å². The number of nitrogens with zero attached hydrogens (tertiary/aromatic N) is 5. The van der Waals surface area contributed by atoms with Crippen molar-refractivity contribution in [2.24, 2.45) is 0 Å². The van der Waals surface area contributed by atoms with Crippen LogP contribution in [-0.2, 0) is 11.3 Å². The number of rotatable bonds is 7. The van der Waals surface area contributed by atoms with Gasteiger partial charge in [-0.05, 0) is 16.8 Å². The highest BCUT2D eigenvalue weighted by molar-refractivity contribution is 5.87. The number of hydrogen-bond donors (Lipinski definition) is 2. The van der Waals surface area contributed by atoms with Crippen molar-refractivity contribution >= 4 is 18.1 Å². The molecule has 2 heterocycles. The van der Waals surface area contributed by atoms with Gasteiger partial charge in [0, 0.05) is 19.6 Å². The summed E-state index contributed by atoms with van der Waals surface area (Å²) in [6.45, 7) is 4.41. The summed E-state index contributed by atoms with van der Waals surface area (Å²) >= 11 is 0. The molecule has 3 amide bonds. The number of hydrogen-bond acceptors (Lipinski definition) is 6. The number of unbranched alkanes of at least 4 members (excludes halogenated alkanes) is 1. The Morgan fingerprint density at radius 3 is 3.00 bits per heavy atom. The molecule has 1 aliphatic rings. The van der Waals surface area contributed by atoms with E-state index in [1.807, 2.05) is 0 Å². The SMILES string of the molecule is CCCCn1nnnc1NC(=O)NCCN1CCOC1=O. The maximum absolute atomic E-state index is 11.7. The number of amides is 3. The molecular formula is C11H19N7O3. The summed E-state index contributed by atoms with van der Waals surface area (Å²) in [6, 6.07) is -0.407. The molecule has 2 N–H and O–H groups in total. The average molecular weight is 297 g/mol. The molecule has 0 bridgehead atoms. The third-order valence-electron chi connectivity index (χ3n) is 2.99. The number of carbonyl (C=O) groups excluding carboxylic acids is 2. The van der Waals surface area contributed by atoms with Gasteiger partial charge >= 0.3 is 12.1 Å². The van der Waals surface area contributed by atoms with Crippen LogP contribution in [0.25, 0.3) is 0 Å². The van der Waals surface area contributed by atoms with Gasteiger partial charge in [-0.15, -0.1) is 0 Å². The lowest BCUT2D eigenvalue weighted by atomic mass is 10.3. The van der Waals surface area contributed by atoms with Crippen molar-refractivity contribution in [3.63, 3.8) is 0 Å². The lowest BCUT2D eigenvalue weighted by Crippen LogP contribution is -2.37. The molecule has 1 aromatic rings. The minimum Gasteiger partial charge on any atom is -0.448 e. The molecule has 0 aromatic carbocycles. The summed E-state index contributed by atoms with van der Waals surface area (Å²) < 4.78 is 6.33. The van der Waals surface area contributed by atoms with E-state index in [9.17, 15) is 9.59 Å². The Balaban J connectivity index is 1.71. The Morgan fingerprint density at radius 1 is 1.43 bits per heavy atom. The van der Waals surface area contributed by atoms with Crippen LogP contribution < -0.4 is 10.6 Å². The van der Waals surface area contributed by atoms with Crippen molar-refractivity contribution in [2.45, 2.75) is 26.3 Å². The zero-order chi connectivity index (χ0) is 15.1. The second-order valence-corrected chi connectivity index (χ2v) is 4.56. The first kappa shape index (κ1) is 15.0. The summed E-state index contributed by atoms with van der Waals surface area (Å²) in [6.07, 6.45) is 1.59. The van der Waals surface area contributed by atoms with E-state index in [1.54, 1.807) is 4.68 Å². The molecule has 116 valence electrons. The average Bonchev–Trinajstić information content (AvgIpc) is 3.06. The summed E-state index contributed by atoms with van der Waals surface area (Å²) in [5, 5.41) is 16.3. The van der Waals surface area contributed by atoms with Gasteiger partial charge in [0.25, 0.3) is 5.95 Å². The van der Waals surface area contributed by atoms with Crippen molar-refractivity contribution in [1.29, 1.82) is 0 Å². The zero-order valence-electron chi connectivity index (χ0n) is 11.9. The van der Waals surface area contributed by atoms with Crippen LogP contribution in [0.4, 0.5) is 15.5 Å². The lowest BCUT2D eigenvalue weighted by molar-refractivity contribution is 0.158. The van der Waals surface area contributed by atoms with Gasteiger partial charge in [-0.25, -0.2) is 14.3 Å². The first-order valence-electron chi connectivity index (χ1n) is 6.93. The lowest BCUT2D eigenvalue weighted by Gasteiger charge is -2.13. The van der Waals surface area contributed by atoms with Crippen LogP contribution in [0.5, 0.6) is 0 Å². The van der Waals surface area contributed by atoms with E-state index < -0.39 is 6.03 Å². The topological polar surface area (TPSA) is 114 Å². The smallest absolute Gasteiger partial charge is 0.409 e. The van der Waals surface area contributed by atoms with Gasteiger partial charge in [0.2, 0.25) is 0 Å². The van der Waals surface area contributed by atoms with Gasteiger partial charge < -0.3 is 15.0 Å². The summed E-state index contributed by atoms with van der Waals surface area (Å²) in [5.41, 5.74) is 0. The van der Waals surface area contributed by atoms with E-state index in [0.717, 1.165) is 12.8 Å². The van der Waals surface area contributed by atoms with Crippen LogP contribution >= 0.6 is 0 Å². The Labute approximate surface area is 121 Å². The van der Waals surface area contributed by atoms with E-state index in [2.05, 4.69) is 33.1 Å². The fourth-order valence-electron chi connectivity index (χ4n) is 1.83. The Kier molecular flexibility index (Phi) is 5.29. The molecular weight excluding hydrogens is 278 g/mol. The fraction of sp³-hybridized carbons (Fsp3) is 0.727. The maximum atomic E-state index is 11.7. The number of carbonyl (C=O) groups is 2. The third-order valence-corrected chi connectivity index (χ3v) is 2.99. The number of aromatic nitrogens is 4. The van der Waals surface area contributed by atoms with E-state index >= 15 is 0 Å². The predicted octanol–water partition coefficient (Wildman–Crippen LogP) is 0.0469. The number of nitrogens with one attached hydrogen (secondary N) is 2. The van der Waals surface area contributed by atoms with Crippen LogP contribution in [0, 0.1) is 0 Å². The monoisotopic (exact) mass is 297 g/mol. The quantitative estimate of drug-likeness (QED) is 0.734. The Morgan fingerprint density at radius 2 is 2.29 bits per heavy atom. The van der Waals surface area contributed by atoms with Crippen LogP contribution in [0.3, 0.4) is 0 Å². The largest absolute Gasteiger partial charge is 0.448 e. The van der Waals surface area contributed by atoms with Crippen molar-refractivity contribution in [2.75, 3.05) is 31.6 Å². The third kappa shape index (κ3) is 4.29. The molecule has 0 atom stereocenters. The first-order chi connectivity index (χ1) is 10.2. The molecule has 21 heavy (non-hydrogen) atoms. The molecule has 1 aromatic heterocycles. The molecule has 0 saturated carbocycles. The molecule has 10 heteroatoms. The molecule has 0 aliphatic carbocycles. The van der Waals surface area contributed by atoms with Crippen LogP contribution in [0.2, 0.25) is 0 Å². The van der Waals surface area contributed by atoms with Crippen molar-refractivity contribution < 1.29 is 14.3 Å². The number of aryl methyl sites for hydroxylation is 1. The fourth-order valence-corrected chi connectivity index (χ4v) is 1.83. The minimum atomic E-state index is -0.407. The van der Waals surface area contributed by atoms with Crippen LogP contribution in [0.1, 0.15) is 19.8 Å². The van der Waals surface area contributed by atoms with Crippen molar-refractivity contribution in [1.82, 2.24) is 30.4 Å². The number of cyclic esters (lactones) is 1. The number of ether oxygens (including phenoxy) is 1.